The van der Waals surface area contributed by atoms with Gasteiger partial charge in [0.05, 0.1) is 23.4 Å². The molecule has 0 aliphatic heterocycles. The summed E-state index contributed by atoms with van der Waals surface area (Å²) in [4.78, 5) is 11.8. The summed E-state index contributed by atoms with van der Waals surface area (Å²) in [5.41, 5.74) is 2.58. The maximum Gasteiger partial charge on any atom is 0.235 e. The van der Waals surface area contributed by atoms with Gasteiger partial charge >= 0.3 is 0 Å². The largest absolute Gasteiger partial charge is 0.484 e. The zero-order valence-electron chi connectivity index (χ0n) is 16.8. The van der Waals surface area contributed by atoms with Crippen molar-refractivity contribution in [1.29, 1.82) is 0 Å². The molecule has 0 saturated carbocycles. The zero-order valence-corrected chi connectivity index (χ0v) is 17.6. The van der Waals surface area contributed by atoms with Crippen molar-refractivity contribution in [3.05, 3.63) is 90.4 Å². The average molecular weight is 438 g/mol. The number of carbonyl (C=O) groups is 1. The highest BCUT2D eigenvalue weighted by Crippen LogP contribution is 2.29. The first-order valence-corrected chi connectivity index (χ1v) is 10.4. The van der Waals surface area contributed by atoms with Gasteiger partial charge in [-0.25, -0.2) is 9.07 Å². The van der Waals surface area contributed by atoms with Crippen molar-refractivity contribution in [2.24, 2.45) is 0 Å². The van der Waals surface area contributed by atoms with E-state index in [9.17, 15) is 9.18 Å². The Morgan fingerprint density at radius 1 is 1.13 bits per heavy atom. The van der Waals surface area contributed by atoms with Crippen LogP contribution in [0.4, 0.5) is 4.39 Å². The van der Waals surface area contributed by atoms with Crippen LogP contribution < -0.4 is 10.1 Å². The summed E-state index contributed by atoms with van der Waals surface area (Å²) in [6.07, 6.45) is 1.33. The molecule has 1 aromatic heterocycles. The summed E-state index contributed by atoms with van der Waals surface area (Å²) < 4.78 is 21.3. The van der Waals surface area contributed by atoms with Gasteiger partial charge in [0.25, 0.3) is 0 Å². The molecule has 0 unspecified atom stereocenters. The lowest BCUT2D eigenvalue weighted by Crippen LogP contribution is -2.39. The van der Waals surface area contributed by atoms with Gasteiger partial charge in [-0.3, -0.25) is 4.79 Å². The topological polar surface area (TPSA) is 56.1 Å². The second kappa shape index (κ2) is 9.18. The van der Waals surface area contributed by atoms with Crippen molar-refractivity contribution in [1.82, 2.24) is 15.1 Å². The molecule has 4 aromatic rings. The minimum Gasteiger partial charge on any atom is -0.484 e. The number of nitrogens with zero attached hydrogens (tertiary/aromatic N) is 2. The summed E-state index contributed by atoms with van der Waals surface area (Å²) in [5.74, 6) is -0.0136. The summed E-state index contributed by atoms with van der Waals surface area (Å²) in [5, 5.41) is 8.18. The molecule has 2 atom stereocenters. The van der Waals surface area contributed by atoms with Crippen LogP contribution in [0.15, 0.2) is 79.0 Å². The molecular formula is C24H21ClFN3O2. The van der Waals surface area contributed by atoms with E-state index in [1.54, 1.807) is 23.0 Å². The van der Waals surface area contributed by atoms with Crippen molar-refractivity contribution in [2.75, 3.05) is 5.88 Å². The van der Waals surface area contributed by atoms with Crippen LogP contribution in [-0.2, 0) is 4.79 Å². The van der Waals surface area contributed by atoms with Gasteiger partial charge < -0.3 is 10.1 Å². The van der Waals surface area contributed by atoms with Crippen LogP contribution in [0.5, 0.6) is 5.75 Å². The number of alkyl halides is 1. The van der Waals surface area contributed by atoms with E-state index in [2.05, 4.69) is 10.4 Å². The molecule has 158 valence electrons. The fourth-order valence-corrected chi connectivity index (χ4v) is 3.57. The smallest absolute Gasteiger partial charge is 0.235 e. The van der Waals surface area contributed by atoms with Gasteiger partial charge in [-0.1, -0.05) is 30.3 Å². The van der Waals surface area contributed by atoms with E-state index in [1.807, 2.05) is 55.5 Å². The van der Waals surface area contributed by atoms with Crippen molar-refractivity contribution >= 4 is 28.4 Å². The van der Waals surface area contributed by atoms with E-state index in [1.165, 1.54) is 12.1 Å². The van der Waals surface area contributed by atoms with Crippen LogP contribution >= 0.6 is 11.6 Å². The summed E-state index contributed by atoms with van der Waals surface area (Å²) in [6, 6.07) is 21.2. The van der Waals surface area contributed by atoms with Crippen molar-refractivity contribution in [3.8, 4) is 11.4 Å². The van der Waals surface area contributed by atoms with Gasteiger partial charge in [0, 0.05) is 5.39 Å². The number of carbonyl (C=O) groups excluding carboxylic acids is 1. The van der Waals surface area contributed by atoms with Crippen molar-refractivity contribution < 1.29 is 13.9 Å². The first-order chi connectivity index (χ1) is 15.0. The number of fused-ring (bicyclic) bond motifs is 1. The van der Waals surface area contributed by atoms with Crippen LogP contribution in [0.25, 0.3) is 16.6 Å². The first-order valence-electron chi connectivity index (χ1n) is 9.86. The lowest BCUT2D eigenvalue weighted by molar-refractivity contribution is -0.119. The van der Waals surface area contributed by atoms with Crippen LogP contribution in [0, 0.1) is 5.82 Å². The van der Waals surface area contributed by atoms with Gasteiger partial charge in [0.2, 0.25) is 5.91 Å². The number of rotatable bonds is 7. The molecule has 0 saturated heterocycles. The lowest BCUT2D eigenvalue weighted by Gasteiger charge is -2.26. The molecule has 0 spiro atoms. The molecule has 1 heterocycles. The van der Waals surface area contributed by atoms with E-state index in [0.29, 0.717) is 5.75 Å². The standard InChI is InChI=1S/C24H21ClFN3O2/c1-16(28-23(30)14-25)24(17-5-3-2-4-6-17)31-21-11-12-22-18(13-21)15-27-29(22)20-9-7-19(26)8-10-20/h2-13,15-16,24H,14H2,1H3,(H,28,30)/t16-,24+/m0/s1. The molecule has 0 aliphatic rings. The van der Waals surface area contributed by atoms with Crippen LogP contribution in [0.2, 0.25) is 0 Å². The van der Waals surface area contributed by atoms with E-state index in [0.717, 1.165) is 22.2 Å². The highest BCUT2D eigenvalue weighted by molar-refractivity contribution is 6.27. The maximum absolute atomic E-state index is 13.2. The molecule has 5 nitrogen and oxygen atoms in total. The molecule has 31 heavy (non-hydrogen) atoms. The van der Waals surface area contributed by atoms with E-state index in [-0.39, 0.29) is 23.6 Å². The van der Waals surface area contributed by atoms with E-state index < -0.39 is 6.10 Å². The second-order valence-corrected chi connectivity index (χ2v) is 7.46. The van der Waals surface area contributed by atoms with Gasteiger partial charge in [-0.05, 0) is 55.0 Å². The molecule has 4 rings (SSSR count). The summed E-state index contributed by atoms with van der Waals surface area (Å²) in [6.45, 7) is 1.88. The maximum atomic E-state index is 13.2. The molecule has 0 bridgehead atoms. The number of ether oxygens (including phenoxy) is 1. The minimum absolute atomic E-state index is 0.111. The Balaban J connectivity index is 1.63. The van der Waals surface area contributed by atoms with Gasteiger partial charge in [0.15, 0.2) is 0 Å². The fraction of sp³-hybridized carbons (Fsp3) is 0.167. The number of halogens is 2. The fourth-order valence-electron chi connectivity index (χ4n) is 3.49. The van der Waals surface area contributed by atoms with Crippen molar-refractivity contribution in [3.63, 3.8) is 0 Å². The molecule has 3 aromatic carbocycles. The molecule has 0 radical (unpaired) electrons. The SMILES string of the molecule is C[C@H](NC(=O)CCl)[C@@H](Oc1ccc2c(cnn2-c2ccc(F)cc2)c1)c1ccccc1. The number of aromatic nitrogens is 2. The Morgan fingerprint density at radius 3 is 2.58 bits per heavy atom. The summed E-state index contributed by atoms with van der Waals surface area (Å²) in [7, 11) is 0. The lowest BCUT2D eigenvalue weighted by atomic mass is 10.0. The Bertz CT molecular complexity index is 1180. The third-order valence-electron chi connectivity index (χ3n) is 4.97. The first kappa shape index (κ1) is 20.9. The Hall–Kier alpha value is -3.38. The monoisotopic (exact) mass is 437 g/mol. The number of hydrogen-bond donors (Lipinski definition) is 1. The predicted octanol–water partition coefficient (Wildman–Crippen LogP) is 5.03. The Kier molecular flexibility index (Phi) is 6.18. The van der Waals surface area contributed by atoms with Crippen LogP contribution in [0.1, 0.15) is 18.6 Å². The van der Waals surface area contributed by atoms with Gasteiger partial charge in [0.1, 0.15) is 23.6 Å². The molecule has 1 N–H and O–H groups in total. The minimum atomic E-state index is -0.405. The van der Waals surface area contributed by atoms with E-state index >= 15 is 0 Å². The van der Waals surface area contributed by atoms with Gasteiger partial charge in [-0.2, -0.15) is 5.10 Å². The Labute approximate surface area is 184 Å². The van der Waals surface area contributed by atoms with Crippen LogP contribution in [-0.4, -0.2) is 27.6 Å². The molecular weight excluding hydrogens is 417 g/mol. The number of amides is 1. The van der Waals surface area contributed by atoms with Crippen LogP contribution in [0.3, 0.4) is 0 Å². The number of nitrogens with one attached hydrogen (secondary N) is 1. The van der Waals surface area contributed by atoms with Gasteiger partial charge in [-0.15, -0.1) is 11.6 Å². The Morgan fingerprint density at radius 2 is 1.87 bits per heavy atom. The predicted molar refractivity (Wildman–Crippen MR) is 119 cm³/mol. The number of benzene rings is 3. The molecule has 0 fully saturated rings. The van der Waals surface area contributed by atoms with Crippen molar-refractivity contribution in [2.45, 2.75) is 19.1 Å². The molecule has 0 aliphatic carbocycles. The highest BCUT2D eigenvalue weighted by atomic mass is 35.5. The zero-order chi connectivity index (χ0) is 21.8. The third kappa shape index (κ3) is 4.70. The normalized spacial score (nSPS) is 13.0. The molecule has 1 amide bonds. The highest BCUT2D eigenvalue weighted by Gasteiger charge is 2.23. The molecule has 7 heteroatoms. The third-order valence-corrected chi connectivity index (χ3v) is 5.21. The summed E-state index contributed by atoms with van der Waals surface area (Å²) >= 11 is 5.65. The quantitative estimate of drug-likeness (QED) is 0.413. The number of hydrogen-bond acceptors (Lipinski definition) is 3. The van der Waals surface area contributed by atoms with E-state index in [4.69, 9.17) is 16.3 Å². The average Bonchev–Trinajstić information content (AvgIpc) is 3.21. The second-order valence-electron chi connectivity index (χ2n) is 7.19.